The van der Waals surface area contributed by atoms with Crippen LogP contribution >= 0.6 is 0 Å². The number of rotatable bonds is 4. The van der Waals surface area contributed by atoms with Gasteiger partial charge in [-0.25, -0.2) is 4.79 Å². The van der Waals surface area contributed by atoms with E-state index in [9.17, 15) is 9.59 Å². The first-order valence-corrected chi connectivity index (χ1v) is 7.62. The topological polar surface area (TPSA) is 70.8 Å². The van der Waals surface area contributed by atoms with Crippen LogP contribution in [0.4, 0.5) is 0 Å². The number of hydrogen-bond donors (Lipinski definition) is 1. The molecule has 1 saturated heterocycles. The molecule has 1 aromatic heterocycles. The van der Waals surface area contributed by atoms with Gasteiger partial charge in [0.1, 0.15) is 11.3 Å². The van der Waals surface area contributed by atoms with Gasteiger partial charge >= 0.3 is 5.97 Å². The molecule has 1 atom stereocenters. The van der Waals surface area contributed by atoms with Crippen LogP contribution < -0.4 is 0 Å². The monoisotopic (exact) mass is 293 g/mol. The number of aromatic carboxylic acids is 1. The molecule has 1 amide bonds. The Bertz CT molecular complexity index is 532. The van der Waals surface area contributed by atoms with E-state index in [2.05, 4.69) is 13.8 Å². The molecule has 1 aliphatic rings. The fourth-order valence-corrected chi connectivity index (χ4v) is 3.02. The van der Waals surface area contributed by atoms with Crippen LogP contribution in [0.3, 0.4) is 0 Å². The number of piperidine rings is 1. The van der Waals surface area contributed by atoms with Crippen LogP contribution in [0.2, 0.25) is 0 Å². The molecule has 1 fully saturated rings. The molecule has 1 N–H and O–H groups in total. The van der Waals surface area contributed by atoms with Crippen LogP contribution in [0.5, 0.6) is 0 Å². The molecule has 0 bridgehead atoms. The van der Waals surface area contributed by atoms with Gasteiger partial charge in [-0.15, -0.1) is 0 Å². The summed E-state index contributed by atoms with van der Waals surface area (Å²) in [6.07, 6.45) is 3.58. The first-order chi connectivity index (χ1) is 9.95. The maximum Gasteiger partial charge on any atom is 0.339 e. The lowest BCUT2D eigenvalue weighted by Crippen LogP contribution is -2.46. The van der Waals surface area contributed by atoms with Crippen molar-refractivity contribution in [3.05, 3.63) is 23.2 Å². The van der Waals surface area contributed by atoms with Gasteiger partial charge < -0.3 is 14.4 Å². The van der Waals surface area contributed by atoms with E-state index >= 15 is 0 Å². The molecular weight excluding hydrogens is 270 g/mol. The fraction of sp³-hybridized carbons (Fsp3) is 0.625. The number of amides is 1. The molecule has 0 aliphatic carbocycles. The lowest BCUT2D eigenvalue weighted by Gasteiger charge is -2.37. The summed E-state index contributed by atoms with van der Waals surface area (Å²) in [5.41, 5.74) is 0.0963. The maximum atomic E-state index is 12.7. The average Bonchev–Trinajstić information content (AvgIpc) is 2.90. The summed E-state index contributed by atoms with van der Waals surface area (Å²) in [7, 11) is 0. The van der Waals surface area contributed by atoms with Gasteiger partial charge in [0.05, 0.1) is 0 Å². The molecule has 1 aliphatic heterocycles. The number of carbonyl (C=O) groups is 2. The van der Waals surface area contributed by atoms with E-state index in [1.807, 2.05) is 11.8 Å². The number of aryl methyl sites for hydroxylation is 1. The second kappa shape index (κ2) is 6.33. The van der Waals surface area contributed by atoms with E-state index in [0.717, 1.165) is 19.3 Å². The number of carboxylic acid groups (broad SMARTS) is 1. The third-order valence-electron chi connectivity index (χ3n) is 4.15. The highest BCUT2D eigenvalue weighted by molar-refractivity contribution is 5.96. The van der Waals surface area contributed by atoms with Crippen LogP contribution in [-0.2, 0) is 6.42 Å². The van der Waals surface area contributed by atoms with Crippen LogP contribution in [0, 0.1) is 5.92 Å². The summed E-state index contributed by atoms with van der Waals surface area (Å²) in [4.78, 5) is 25.7. The quantitative estimate of drug-likeness (QED) is 0.925. The summed E-state index contributed by atoms with van der Waals surface area (Å²) in [6.45, 7) is 6.75. The van der Waals surface area contributed by atoms with Crippen LogP contribution in [0.15, 0.2) is 10.5 Å². The van der Waals surface area contributed by atoms with Crippen LogP contribution in [0.25, 0.3) is 0 Å². The zero-order chi connectivity index (χ0) is 15.6. The third-order valence-corrected chi connectivity index (χ3v) is 4.15. The Morgan fingerprint density at radius 2 is 2.14 bits per heavy atom. The highest BCUT2D eigenvalue weighted by Crippen LogP contribution is 2.26. The first-order valence-electron chi connectivity index (χ1n) is 7.62. The summed E-state index contributed by atoms with van der Waals surface area (Å²) in [5, 5.41) is 9.16. The summed E-state index contributed by atoms with van der Waals surface area (Å²) >= 11 is 0. The normalized spacial score (nSPS) is 19.0. The minimum atomic E-state index is -1.05. The molecular formula is C16H23NO4. The minimum absolute atomic E-state index is 0.0963. The van der Waals surface area contributed by atoms with Crippen molar-refractivity contribution in [3.63, 3.8) is 0 Å². The third kappa shape index (κ3) is 3.12. The van der Waals surface area contributed by atoms with Crippen molar-refractivity contribution in [1.29, 1.82) is 0 Å². The highest BCUT2D eigenvalue weighted by Gasteiger charge is 2.32. The molecule has 2 rings (SSSR count). The SMILES string of the molecule is CCc1oc(C(=O)N2CCCCC2C(C)C)cc1C(=O)O. The van der Waals surface area contributed by atoms with Gasteiger partial charge in [-0.1, -0.05) is 20.8 Å². The van der Waals surface area contributed by atoms with Gasteiger partial charge in [0, 0.05) is 25.1 Å². The van der Waals surface area contributed by atoms with Gasteiger partial charge in [0.25, 0.3) is 5.91 Å². The van der Waals surface area contributed by atoms with E-state index in [1.54, 1.807) is 0 Å². The van der Waals surface area contributed by atoms with Crippen LogP contribution in [0.1, 0.15) is 66.7 Å². The molecule has 0 spiro atoms. The van der Waals surface area contributed by atoms with E-state index in [1.165, 1.54) is 6.07 Å². The number of nitrogens with zero attached hydrogens (tertiary/aromatic N) is 1. The van der Waals surface area contributed by atoms with Crippen molar-refractivity contribution in [2.45, 2.75) is 52.5 Å². The van der Waals surface area contributed by atoms with Crippen molar-refractivity contribution in [3.8, 4) is 0 Å². The Morgan fingerprint density at radius 1 is 1.43 bits per heavy atom. The second-order valence-electron chi connectivity index (χ2n) is 5.91. The minimum Gasteiger partial charge on any atom is -0.478 e. The first kappa shape index (κ1) is 15.6. The van der Waals surface area contributed by atoms with Gasteiger partial charge in [-0.2, -0.15) is 0 Å². The predicted molar refractivity (Wildman–Crippen MR) is 78.6 cm³/mol. The molecule has 21 heavy (non-hydrogen) atoms. The zero-order valence-electron chi connectivity index (χ0n) is 12.9. The van der Waals surface area contributed by atoms with Crippen molar-refractivity contribution in [1.82, 2.24) is 4.90 Å². The van der Waals surface area contributed by atoms with Gasteiger partial charge in [0.15, 0.2) is 5.76 Å². The molecule has 5 heteroatoms. The molecule has 1 aromatic rings. The van der Waals surface area contributed by atoms with E-state index in [0.29, 0.717) is 24.6 Å². The Labute approximate surface area is 124 Å². The predicted octanol–water partition coefficient (Wildman–Crippen LogP) is 3.19. The van der Waals surface area contributed by atoms with Crippen LogP contribution in [-0.4, -0.2) is 34.5 Å². The van der Waals surface area contributed by atoms with Crippen molar-refractivity contribution >= 4 is 11.9 Å². The maximum absolute atomic E-state index is 12.7. The molecule has 2 heterocycles. The Morgan fingerprint density at radius 3 is 2.67 bits per heavy atom. The standard InChI is InChI=1S/C16H23NO4/c1-4-13-11(16(19)20)9-14(21-13)15(18)17-8-6-5-7-12(17)10(2)3/h9-10,12H,4-8H2,1-3H3,(H,19,20). The lowest BCUT2D eigenvalue weighted by molar-refractivity contribution is 0.0509. The number of hydrogen-bond acceptors (Lipinski definition) is 3. The Hall–Kier alpha value is -1.78. The summed E-state index contributed by atoms with van der Waals surface area (Å²) < 4.78 is 5.50. The summed E-state index contributed by atoms with van der Waals surface area (Å²) in [5.74, 6) is -0.334. The van der Waals surface area contributed by atoms with Crippen molar-refractivity contribution < 1.29 is 19.1 Å². The van der Waals surface area contributed by atoms with Gasteiger partial charge in [0.2, 0.25) is 0 Å². The second-order valence-corrected chi connectivity index (χ2v) is 5.91. The van der Waals surface area contributed by atoms with Crippen molar-refractivity contribution in [2.24, 2.45) is 5.92 Å². The number of furan rings is 1. The number of likely N-dealkylation sites (tertiary alicyclic amines) is 1. The van der Waals surface area contributed by atoms with Gasteiger partial charge in [-0.3, -0.25) is 4.79 Å². The van der Waals surface area contributed by atoms with Gasteiger partial charge in [-0.05, 0) is 25.2 Å². The largest absolute Gasteiger partial charge is 0.478 e. The molecule has 0 radical (unpaired) electrons. The van der Waals surface area contributed by atoms with E-state index in [4.69, 9.17) is 9.52 Å². The number of carbonyl (C=O) groups excluding carboxylic acids is 1. The summed E-state index contributed by atoms with van der Waals surface area (Å²) in [6, 6.07) is 1.57. The molecule has 116 valence electrons. The Kier molecular flexibility index (Phi) is 4.70. The lowest BCUT2D eigenvalue weighted by atomic mass is 9.92. The highest BCUT2D eigenvalue weighted by atomic mass is 16.4. The van der Waals surface area contributed by atoms with E-state index in [-0.39, 0.29) is 23.3 Å². The average molecular weight is 293 g/mol. The van der Waals surface area contributed by atoms with E-state index < -0.39 is 5.97 Å². The Balaban J connectivity index is 2.28. The molecule has 0 aromatic carbocycles. The number of carboxylic acids is 1. The molecule has 0 saturated carbocycles. The van der Waals surface area contributed by atoms with Crippen molar-refractivity contribution in [2.75, 3.05) is 6.54 Å². The zero-order valence-corrected chi connectivity index (χ0v) is 12.9. The molecule has 5 nitrogen and oxygen atoms in total. The fourth-order valence-electron chi connectivity index (χ4n) is 3.02. The smallest absolute Gasteiger partial charge is 0.339 e. The molecule has 1 unspecified atom stereocenters.